The van der Waals surface area contributed by atoms with Gasteiger partial charge >= 0.3 is 0 Å². The summed E-state index contributed by atoms with van der Waals surface area (Å²) in [5.41, 5.74) is 0.687. The minimum Gasteiger partial charge on any atom is -0.493 e. The first-order valence-electron chi connectivity index (χ1n) is 4.61. The minimum atomic E-state index is -0.358. The summed E-state index contributed by atoms with van der Waals surface area (Å²) in [5.74, 6) is 0.360. The van der Waals surface area contributed by atoms with Crippen LogP contribution in [0.4, 0.5) is 4.39 Å². The number of halogens is 2. The van der Waals surface area contributed by atoms with E-state index in [4.69, 9.17) is 21.6 Å². The zero-order chi connectivity index (χ0) is 11.1. The molecule has 0 fully saturated rings. The van der Waals surface area contributed by atoms with Crippen molar-refractivity contribution in [1.82, 2.24) is 0 Å². The fraction of sp³-hybridized carbons (Fsp3) is 0.364. The van der Waals surface area contributed by atoms with Crippen LogP contribution in [0, 0.1) is 17.1 Å². The van der Waals surface area contributed by atoms with Crippen LogP contribution in [0.3, 0.4) is 0 Å². The summed E-state index contributed by atoms with van der Waals surface area (Å²) in [6.07, 6.45) is 1.08. The molecule has 0 saturated heterocycles. The highest BCUT2D eigenvalue weighted by atomic mass is 35.5. The molecule has 0 aliphatic rings. The van der Waals surface area contributed by atoms with E-state index in [0.29, 0.717) is 30.8 Å². The molecular weight excluding hydrogens is 217 g/mol. The molecule has 1 rings (SSSR count). The predicted molar refractivity (Wildman–Crippen MR) is 56.3 cm³/mol. The standard InChI is InChI=1S/C11H11ClFNO/c12-8-9-5-10(13)7-11(6-9)15-4-2-1-3-14/h5-7H,1-2,4,8H2. The van der Waals surface area contributed by atoms with Crippen LogP contribution in [-0.2, 0) is 5.88 Å². The molecule has 0 radical (unpaired) electrons. The molecule has 0 unspecified atom stereocenters. The highest BCUT2D eigenvalue weighted by molar-refractivity contribution is 6.17. The van der Waals surface area contributed by atoms with Gasteiger partial charge in [-0.05, 0) is 24.1 Å². The predicted octanol–water partition coefficient (Wildman–Crippen LogP) is 3.25. The Bertz CT molecular complexity index is 362. The fourth-order valence-electron chi connectivity index (χ4n) is 1.12. The van der Waals surface area contributed by atoms with Crippen LogP contribution in [0.1, 0.15) is 18.4 Å². The van der Waals surface area contributed by atoms with Crippen molar-refractivity contribution in [3.63, 3.8) is 0 Å². The van der Waals surface area contributed by atoms with Crippen LogP contribution < -0.4 is 4.74 Å². The van der Waals surface area contributed by atoms with Gasteiger partial charge in [-0.2, -0.15) is 5.26 Å². The van der Waals surface area contributed by atoms with E-state index in [0.717, 1.165) is 0 Å². The minimum absolute atomic E-state index is 0.256. The van der Waals surface area contributed by atoms with Crippen molar-refractivity contribution in [2.24, 2.45) is 0 Å². The molecule has 0 aliphatic carbocycles. The van der Waals surface area contributed by atoms with E-state index in [1.165, 1.54) is 12.1 Å². The molecule has 0 N–H and O–H groups in total. The van der Waals surface area contributed by atoms with Gasteiger partial charge in [0, 0.05) is 18.4 Å². The molecule has 0 atom stereocenters. The van der Waals surface area contributed by atoms with Crippen LogP contribution in [0.5, 0.6) is 5.75 Å². The molecule has 0 spiro atoms. The first-order chi connectivity index (χ1) is 7.26. The van der Waals surface area contributed by atoms with Crippen molar-refractivity contribution < 1.29 is 9.13 Å². The van der Waals surface area contributed by atoms with Crippen LogP contribution in [-0.4, -0.2) is 6.61 Å². The molecule has 0 bridgehead atoms. The average Bonchev–Trinajstić information content (AvgIpc) is 2.23. The number of nitrogens with zero attached hydrogens (tertiary/aromatic N) is 1. The lowest BCUT2D eigenvalue weighted by molar-refractivity contribution is 0.311. The van der Waals surface area contributed by atoms with Crippen LogP contribution >= 0.6 is 11.6 Å². The highest BCUT2D eigenvalue weighted by Crippen LogP contribution is 2.18. The van der Waals surface area contributed by atoms with Crippen molar-refractivity contribution in [3.8, 4) is 11.8 Å². The second-order valence-electron chi connectivity index (χ2n) is 3.04. The zero-order valence-corrected chi connectivity index (χ0v) is 8.93. The van der Waals surface area contributed by atoms with Crippen molar-refractivity contribution in [2.75, 3.05) is 6.61 Å². The van der Waals surface area contributed by atoms with Gasteiger partial charge in [-0.15, -0.1) is 11.6 Å². The Morgan fingerprint density at radius 1 is 1.40 bits per heavy atom. The first-order valence-corrected chi connectivity index (χ1v) is 5.15. The van der Waals surface area contributed by atoms with E-state index in [9.17, 15) is 4.39 Å². The SMILES string of the molecule is N#CCCCOc1cc(F)cc(CCl)c1. The Kier molecular flexibility index (Phi) is 4.92. The van der Waals surface area contributed by atoms with E-state index in [-0.39, 0.29) is 11.7 Å². The largest absolute Gasteiger partial charge is 0.493 e. The summed E-state index contributed by atoms with van der Waals surface area (Å²) in [5, 5.41) is 8.31. The van der Waals surface area contributed by atoms with Crippen molar-refractivity contribution >= 4 is 11.6 Å². The summed E-state index contributed by atoms with van der Waals surface area (Å²) in [6, 6.07) is 6.39. The lowest BCUT2D eigenvalue weighted by Crippen LogP contribution is -1.97. The fourth-order valence-corrected chi connectivity index (χ4v) is 1.28. The third-order valence-corrected chi connectivity index (χ3v) is 2.10. The summed E-state index contributed by atoms with van der Waals surface area (Å²) >= 11 is 5.59. The maximum Gasteiger partial charge on any atom is 0.127 e. The van der Waals surface area contributed by atoms with Gasteiger partial charge in [0.15, 0.2) is 0 Å². The lowest BCUT2D eigenvalue weighted by Gasteiger charge is -2.06. The number of benzene rings is 1. The molecule has 15 heavy (non-hydrogen) atoms. The molecule has 1 aromatic carbocycles. The smallest absolute Gasteiger partial charge is 0.127 e. The lowest BCUT2D eigenvalue weighted by atomic mass is 10.2. The monoisotopic (exact) mass is 227 g/mol. The van der Waals surface area contributed by atoms with Gasteiger partial charge in [0.1, 0.15) is 11.6 Å². The van der Waals surface area contributed by atoms with E-state index >= 15 is 0 Å². The second kappa shape index (κ2) is 6.26. The second-order valence-corrected chi connectivity index (χ2v) is 3.31. The Labute approximate surface area is 93.2 Å². The third-order valence-electron chi connectivity index (χ3n) is 1.79. The number of ether oxygens (including phenoxy) is 1. The van der Waals surface area contributed by atoms with E-state index in [1.807, 2.05) is 6.07 Å². The Morgan fingerprint density at radius 3 is 2.87 bits per heavy atom. The number of nitriles is 1. The third kappa shape index (κ3) is 4.18. The maximum absolute atomic E-state index is 13.0. The van der Waals surface area contributed by atoms with E-state index < -0.39 is 0 Å². The van der Waals surface area contributed by atoms with Gasteiger partial charge in [-0.25, -0.2) is 4.39 Å². The van der Waals surface area contributed by atoms with Gasteiger partial charge in [0.2, 0.25) is 0 Å². The number of rotatable bonds is 5. The first kappa shape index (κ1) is 11.8. The molecule has 0 aromatic heterocycles. The number of unbranched alkanes of at least 4 members (excludes halogenated alkanes) is 1. The molecule has 0 heterocycles. The van der Waals surface area contributed by atoms with Crippen LogP contribution in [0.15, 0.2) is 18.2 Å². The summed E-state index contributed by atoms with van der Waals surface area (Å²) < 4.78 is 18.3. The van der Waals surface area contributed by atoms with Crippen molar-refractivity contribution in [3.05, 3.63) is 29.6 Å². The summed E-state index contributed by atoms with van der Waals surface area (Å²) in [7, 11) is 0. The van der Waals surface area contributed by atoms with Gasteiger partial charge in [0.25, 0.3) is 0 Å². The molecule has 2 nitrogen and oxygen atoms in total. The average molecular weight is 228 g/mol. The van der Waals surface area contributed by atoms with Gasteiger partial charge in [-0.3, -0.25) is 0 Å². The van der Waals surface area contributed by atoms with Gasteiger partial charge in [0.05, 0.1) is 12.7 Å². The number of hydrogen-bond acceptors (Lipinski definition) is 2. The molecule has 80 valence electrons. The summed E-state index contributed by atoms with van der Waals surface area (Å²) in [6.45, 7) is 0.415. The Hall–Kier alpha value is -1.27. The Balaban J connectivity index is 2.53. The van der Waals surface area contributed by atoms with Gasteiger partial charge in [-0.1, -0.05) is 0 Å². The maximum atomic E-state index is 13.0. The molecule has 4 heteroatoms. The van der Waals surface area contributed by atoms with Crippen LogP contribution in [0.25, 0.3) is 0 Å². The molecular formula is C11H11ClFNO. The topological polar surface area (TPSA) is 33.0 Å². The van der Waals surface area contributed by atoms with Crippen molar-refractivity contribution in [2.45, 2.75) is 18.7 Å². The quantitative estimate of drug-likeness (QED) is 0.572. The zero-order valence-electron chi connectivity index (χ0n) is 8.17. The van der Waals surface area contributed by atoms with Crippen molar-refractivity contribution in [1.29, 1.82) is 5.26 Å². The van der Waals surface area contributed by atoms with Crippen LogP contribution in [0.2, 0.25) is 0 Å². The summed E-state index contributed by atoms with van der Waals surface area (Å²) in [4.78, 5) is 0. The van der Waals surface area contributed by atoms with Gasteiger partial charge < -0.3 is 4.74 Å². The van der Waals surface area contributed by atoms with E-state index in [1.54, 1.807) is 6.07 Å². The number of hydrogen-bond donors (Lipinski definition) is 0. The Morgan fingerprint density at radius 2 is 2.20 bits per heavy atom. The number of alkyl halides is 1. The highest BCUT2D eigenvalue weighted by Gasteiger charge is 2.00. The van der Waals surface area contributed by atoms with E-state index in [2.05, 4.69) is 0 Å². The molecule has 0 amide bonds. The normalized spacial score (nSPS) is 9.67. The molecule has 1 aromatic rings. The molecule has 0 aliphatic heterocycles. The molecule has 0 saturated carbocycles.